The smallest absolute Gasteiger partial charge is 0.258 e. The Morgan fingerprint density at radius 2 is 1.92 bits per heavy atom. The van der Waals surface area contributed by atoms with Crippen molar-refractivity contribution in [3.63, 3.8) is 0 Å². The standard InChI is InChI=1S/C24H21ClFN5O4S/c1-15-6-7-22(35-14-16-4-3-5-19(26)8-16)23(28-15)31-13-17(12-27-31)24(32)29-20-9-18(25)10-21(11-20)30-36(2,33)34/h3-13,30H,14H2,1-2H3,(H,29,32). The summed E-state index contributed by atoms with van der Waals surface area (Å²) >= 11 is 6.06. The van der Waals surface area contributed by atoms with E-state index in [9.17, 15) is 17.6 Å². The van der Waals surface area contributed by atoms with E-state index in [0.717, 1.165) is 6.26 Å². The van der Waals surface area contributed by atoms with Gasteiger partial charge in [0.25, 0.3) is 5.91 Å². The van der Waals surface area contributed by atoms with Crippen LogP contribution in [0.15, 0.2) is 67.0 Å². The fourth-order valence-corrected chi connectivity index (χ4v) is 4.07. The van der Waals surface area contributed by atoms with Crippen molar-refractivity contribution in [2.24, 2.45) is 0 Å². The van der Waals surface area contributed by atoms with E-state index in [1.807, 2.05) is 0 Å². The fourth-order valence-electron chi connectivity index (χ4n) is 3.29. The Bertz CT molecular complexity index is 1540. The molecule has 0 aliphatic rings. The van der Waals surface area contributed by atoms with Crippen molar-refractivity contribution >= 4 is 38.9 Å². The second-order valence-corrected chi connectivity index (χ2v) is 10.1. The topological polar surface area (TPSA) is 115 Å². The second-order valence-electron chi connectivity index (χ2n) is 7.92. The highest BCUT2D eigenvalue weighted by molar-refractivity contribution is 7.92. The van der Waals surface area contributed by atoms with E-state index >= 15 is 0 Å². The lowest BCUT2D eigenvalue weighted by molar-refractivity contribution is 0.102. The van der Waals surface area contributed by atoms with Gasteiger partial charge in [-0.15, -0.1) is 0 Å². The first-order valence-corrected chi connectivity index (χ1v) is 12.8. The average molecular weight is 530 g/mol. The molecule has 2 aromatic heterocycles. The summed E-state index contributed by atoms with van der Waals surface area (Å²) in [5, 5.41) is 7.14. The maximum Gasteiger partial charge on any atom is 0.258 e. The Hall–Kier alpha value is -3.96. The second kappa shape index (κ2) is 10.3. The number of carbonyl (C=O) groups excluding carboxylic acids is 1. The summed E-state index contributed by atoms with van der Waals surface area (Å²) in [4.78, 5) is 17.3. The molecule has 4 aromatic rings. The van der Waals surface area contributed by atoms with Crippen molar-refractivity contribution in [2.75, 3.05) is 16.3 Å². The number of aromatic nitrogens is 3. The normalized spacial score (nSPS) is 11.2. The maximum atomic E-state index is 13.5. The number of benzene rings is 2. The first-order chi connectivity index (χ1) is 17.1. The van der Waals surface area contributed by atoms with E-state index in [-0.39, 0.29) is 28.7 Å². The molecule has 0 bridgehead atoms. The third-order valence-corrected chi connectivity index (χ3v) is 5.61. The molecule has 0 saturated carbocycles. The van der Waals surface area contributed by atoms with E-state index in [2.05, 4.69) is 20.1 Å². The number of nitrogens with one attached hydrogen (secondary N) is 2. The van der Waals surface area contributed by atoms with Crippen LogP contribution in [-0.2, 0) is 16.6 Å². The molecule has 1 amide bonds. The number of halogens is 2. The minimum Gasteiger partial charge on any atom is -0.485 e. The fraction of sp³-hybridized carbons (Fsp3) is 0.125. The molecular formula is C24H21ClFN5O4S. The van der Waals surface area contributed by atoms with Gasteiger partial charge in [-0.1, -0.05) is 23.7 Å². The summed E-state index contributed by atoms with van der Waals surface area (Å²) < 4.78 is 46.1. The highest BCUT2D eigenvalue weighted by Crippen LogP contribution is 2.25. The monoisotopic (exact) mass is 529 g/mol. The van der Waals surface area contributed by atoms with Crippen LogP contribution in [0.5, 0.6) is 5.75 Å². The van der Waals surface area contributed by atoms with Gasteiger partial charge in [0.1, 0.15) is 12.4 Å². The van der Waals surface area contributed by atoms with Gasteiger partial charge in [0.2, 0.25) is 10.0 Å². The average Bonchev–Trinajstić information content (AvgIpc) is 3.27. The molecule has 0 aliphatic carbocycles. The first kappa shape index (κ1) is 25.1. The van der Waals surface area contributed by atoms with Gasteiger partial charge in [-0.2, -0.15) is 5.10 Å². The van der Waals surface area contributed by atoms with Crippen LogP contribution in [-0.4, -0.2) is 35.3 Å². The van der Waals surface area contributed by atoms with E-state index < -0.39 is 15.9 Å². The lowest BCUT2D eigenvalue weighted by atomic mass is 10.2. The third kappa shape index (κ3) is 6.58. The van der Waals surface area contributed by atoms with Crippen LogP contribution in [0.3, 0.4) is 0 Å². The van der Waals surface area contributed by atoms with Crippen LogP contribution in [0.25, 0.3) is 5.82 Å². The van der Waals surface area contributed by atoms with Crippen molar-refractivity contribution < 1.29 is 22.3 Å². The van der Waals surface area contributed by atoms with Crippen LogP contribution in [0, 0.1) is 12.7 Å². The van der Waals surface area contributed by atoms with E-state index in [1.165, 1.54) is 47.4 Å². The van der Waals surface area contributed by atoms with E-state index in [1.54, 1.807) is 31.2 Å². The van der Waals surface area contributed by atoms with Crippen LogP contribution in [0.2, 0.25) is 5.02 Å². The summed E-state index contributed by atoms with van der Waals surface area (Å²) in [6, 6.07) is 13.9. The quantitative estimate of drug-likeness (QED) is 0.345. The van der Waals surface area contributed by atoms with Crippen molar-refractivity contribution in [1.82, 2.24) is 14.8 Å². The molecule has 0 radical (unpaired) electrons. The Morgan fingerprint density at radius 3 is 2.67 bits per heavy atom. The zero-order valence-electron chi connectivity index (χ0n) is 19.2. The molecule has 2 heterocycles. The van der Waals surface area contributed by atoms with Gasteiger partial charge in [-0.3, -0.25) is 9.52 Å². The molecule has 9 nitrogen and oxygen atoms in total. The third-order valence-electron chi connectivity index (χ3n) is 4.78. The van der Waals surface area contributed by atoms with Gasteiger partial charge >= 0.3 is 0 Å². The number of sulfonamides is 1. The maximum absolute atomic E-state index is 13.5. The zero-order chi connectivity index (χ0) is 25.9. The van der Waals surface area contributed by atoms with Crippen molar-refractivity contribution in [1.29, 1.82) is 0 Å². The predicted octanol–water partition coefficient (Wildman–Crippen LogP) is 4.57. The Kier molecular flexibility index (Phi) is 7.22. The van der Waals surface area contributed by atoms with Crippen molar-refractivity contribution in [3.05, 3.63) is 94.7 Å². The van der Waals surface area contributed by atoms with E-state index in [0.29, 0.717) is 28.5 Å². The van der Waals surface area contributed by atoms with Gasteiger partial charge < -0.3 is 10.1 Å². The molecule has 0 unspecified atom stereocenters. The molecule has 2 aromatic carbocycles. The summed E-state index contributed by atoms with van der Waals surface area (Å²) in [5.74, 6) is -0.109. The molecule has 0 atom stereocenters. The molecule has 0 aliphatic heterocycles. The van der Waals surface area contributed by atoms with Crippen molar-refractivity contribution in [3.8, 4) is 11.6 Å². The van der Waals surface area contributed by atoms with Crippen LogP contribution < -0.4 is 14.8 Å². The molecule has 0 saturated heterocycles. The van der Waals surface area contributed by atoms with Crippen LogP contribution in [0.4, 0.5) is 15.8 Å². The first-order valence-electron chi connectivity index (χ1n) is 10.6. The number of rotatable bonds is 8. The number of nitrogens with zero attached hydrogens (tertiary/aromatic N) is 3. The number of pyridine rings is 1. The SMILES string of the molecule is Cc1ccc(OCc2cccc(F)c2)c(-n2cc(C(=O)Nc3cc(Cl)cc(NS(C)(=O)=O)c3)cn2)n1. The molecule has 2 N–H and O–H groups in total. The van der Waals surface area contributed by atoms with Gasteiger partial charge in [0.05, 0.1) is 23.7 Å². The number of hydrogen-bond donors (Lipinski definition) is 2. The number of hydrogen-bond acceptors (Lipinski definition) is 6. The lowest BCUT2D eigenvalue weighted by Gasteiger charge is -2.11. The molecule has 0 spiro atoms. The van der Waals surface area contributed by atoms with Crippen molar-refractivity contribution in [2.45, 2.75) is 13.5 Å². The molecule has 0 fully saturated rings. The Morgan fingerprint density at radius 1 is 1.14 bits per heavy atom. The minimum absolute atomic E-state index is 0.114. The van der Waals surface area contributed by atoms with Gasteiger partial charge in [0, 0.05) is 22.6 Å². The number of ether oxygens (including phenoxy) is 1. The Balaban J connectivity index is 1.53. The van der Waals surface area contributed by atoms with Gasteiger partial charge in [-0.25, -0.2) is 22.5 Å². The predicted molar refractivity (Wildman–Crippen MR) is 135 cm³/mol. The molecule has 36 heavy (non-hydrogen) atoms. The zero-order valence-corrected chi connectivity index (χ0v) is 20.8. The largest absolute Gasteiger partial charge is 0.485 e. The highest BCUT2D eigenvalue weighted by Gasteiger charge is 2.15. The lowest BCUT2D eigenvalue weighted by Crippen LogP contribution is -2.13. The number of amides is 1. The summed E-state index contributed by atoms with van der Waals surface area (Å²) in [6.45, 7) is 1.92. The highest BCUT2D eigenvalue weighted by atomic mass is 35.5. The summed E-state index contributed by atoms with van der Waals surface area (Å²) in [7, 11) is -3.52. The van der Waals surface area contributed by atoms with Gasteiger partial charge in [0.15, 0.2) is 11.6 Å². The van der Waals surface area contributed by atoms with Crippen LogP contribution >= 0.6 is 11.6 Å². The van der Waals surface area contributed by atoms with Crippen LogP contribution in [0.1, 0.15) is 21.6 Å². The minimum atomic E-state index is -3.52. The van der Waals surface area contributed by atoms with Gasteiger partial charge in [-0.05, 0) is 55.0 Å². The summed E-state index contributed by atoms with van der Waals surface area (Å²) in [5.41, 5.74) is 2.06. The number of aryl methyl sites for hydroxylation is 1. The molecule has 12 heteroatoms. The number of anilines is 2. The Labute approximate surface area is 211 Å². The number of carbonyl (C=O) groups is 1. The van der Waals surface area contributed by atoms with E-state index in [4.69, 9.17) is 16.3 Å². The summed E-state index contributed by atoms with van der Waals surface area (Å²) in [6.07, 6.45) is 3.85. The molecule has 4 rings (SSSR count). The molecular weight excluding hydrogens is 509 g/mol. The molecule has 186 valence electrons.